The summed E-state index contributed by atoms with van der Waals surface area (Å²) < 4.78 is 10.9. The summed E-state index contributed by atoms with van der Waals surface area (Å²) in [4.78, 5) is 0. The van der Waals surface area contributed by atoms with Gasteiger partial charge in [-0.25, -0.2) is 0 Å². The van der Waals surface area contributed by atoms with E-state index in [0.29, 0.717) is 6.04 Å². The first-order chi connectivity index (χ1) is 11.6. The number of hydrogen-bond acceptors (Lipinski definition) is 3. The van der Waals surface area contributed by atoms with E-state index in [4.69, 9.17) is 21.1 Å². The van der Waals surface area contributed by atoms with Crippen molar-refractivity contribution in [2.75, 3.05) is 20.8 Å². The average Bonchev–Trinajstić information content (AvgIpc) is 2.61. The standard InChI is InChI=1S/C20H24ClNO2/c1-13-4-5-14(10-17(13)21)6-7-18-16-12-20(24-3)19(23-2)11-15(16)8-9-22-18/h4-5,10-12,18,22H,6-9H2,1-3H3. The van der Waals surface area contributed by atoms with Crippen molar-refractivity contribution in [3.8, 4) is 11.5 Å². The van der Waals surface area contributed by atoms with Gasteiger partial charge >= 0.3 is 0 Å². The van der Waals surface area contributed by atoms with Gasteiger partial charge in [-0.05, 0) is 73.2 Å². The molecule has 3 nitrogen and oxygen atoms in total. The van der Waals surface area contributed by atoms with Gasteiger partial charge in [0.05, 0.1) is 14.2 Å². The van der Waals surface area contributed by atoms with Crippen molar-refractivity contribution in [2.24, 2.45) is 0 Å². The Morgan fingerprint density at radius 2 is 1.88 bits per heavy atom. The molecule has 1 unspecified atom stereocenters. The monoisotopic (exact) mass is 345 g/mol. The highest BCUT2D eigenvalue weighted by atomic mass is 35.5. The Balaban J connectivity index is 1.80. The maximum absolute atomic E-state index is 6.24. The molecule has 3 rings (SSSR count). The van der Waals surface area contributed by atoms with Gasteiger partial charge in [-0.15, -0.1) is 0 Å². The molecule has 0 saturated heterocycles. The van der Waals surface area contributed by atoms with Crippen molar-refractivity contribution in [3.63, 3.8) is 0 Å². The van der Waals surface area contributed by atoms with Gasteiger partial charge in [0.25, 0.3) is 0 Å². The van der Waals surface area contributed by atoms with Gasteiger partial charge in [0.2, 0.25) is 0 Å². The zero-order valence-electron chi connectivity index (χ0n) is 14.5. The lowest BCUT2D eigenvalue weighted by Crippen LogP contribution is -2.30. The van der Waals surface area contributed by atoms with Crippen molar-refractivity contribution in [1.29, 1.82) is 0 Å². The third kappa shape index (κ3) is 3.52. The highest BCUT2D eigenvalue weighted by Crippen LogP contribution is 2.36. The molecule has 1 heterocycles. The molecule has 1 N–H and O–H groups in total. The van der Waals surface area contributed by atoms with Crippen LogP contribution in [0.4, 0.5) is 0 Å². The fourth-order valence-corrected chi connectivity index (χ4v) is 3.53. The first-order valence-corrected chi connectivity index (χ1v) is 8.73. The van der Waals surface area contributed by atoms with Crippen molar-refractivity contribution in [3.05, 3.63) is 57.6 Å². The van der Waals surface area contributed by atoms with E-state index < -0.39 is 0 Å². The molecule has 0 fully saturated rings. The highest BCUT2D eigenvalue weighted by molar-refractivity contribution is 6.31. The average molecular weight is 346 g/mol. The second-order valence-electron chi connectivity index (χ2n) is 6.28. The topological polar surface area (TPSA) is 30.5 Å². The van der Waals surface area contributed by atoms with Crippen molar-refractivity contribution < 1.29 is 9.47 Å². The van der Waals surface area contributed by atoms with Crippen LogP contribution in [0.2, 0.25) is 5.02 Å². The number of methoxy groups -OCH3 is 2. The zero-order chi connectivity index (χ0) is 17.1. The molecule has 2 aromatic carbocycles. The van der Waals surface area contributed by atoms with Crippen LogP contribution in [0.1, 0.15) is 34.7 Å². The Morgan fingerprint density at radius 1 is 1.12 bits per heavy atom. The molecule has 0 aliphatic carbocycles. The summed E-state index contributed by atoms with van der Waals surface area (Å²) in [6, 6.07) is 10.9. The predicted octanol–water partition coefficient (Wildman–Crippen LogP) is 4.49. The molecule has 1 aliphatic heterocycles. The Morgan fingerprint density at radius 3 is 2.58 bits per heavy atom. The van der Waals surface area contributed by atoms with Crippen LogP contribution in [0.25, 0.3) is 0 Å². The number of hydrogen-bond donors (Lipinski definition) is 1. The van der Waals surface area contributed by atoms with Crippen LogP contribution in [0, 0.1) is 6.92 Å². The molecular weight excluding hydrogens is 322 g/mol. The second-order valence-corrected chi connectivity index (χ2v) is 6.69. The lowest BCUT2D eigenvalue weighted by molar-refractivity contribution is 0.351. The van der Waals surface area contributed by atoms with Crippen LogP contribution in [-0.2, 0) is 12.8 Å². The summed E-state index contributed by atoms with van der Waals surface area (Å²) in [6.45, 7) is 3.02. The number of ether oxygens (including phenoxy) is 2. The van der Waals surface area contributed by atoms with E-state index in [1.54, 1.807) is 14.2 Å². The molecule has 0 bridgehead atoms. The minimum atomic E-state index is 0.327. The first kappa shape index (κ1) is 17.1. The van der Waals surface area contributed by atoms with E-state index in [2.05, 4.69) is 35.6 Å². The molecule has 128 valence electrons. The van der Waals surface area contributed by atoms with Crippen LogP contribution in [0.3, 0.4) is 0 Å². The molecule has 24 heavy (non-hydrogen) atoms. The van der Waals surface area contributed by atoms with Gasteiger partial charge in [0, 0.05) is 11.1 Å². The number of rotatable bonds is 5. The number of aryl methyl sites for hydroxylation is 2. The molecule has 2 aromatic rings. The summed E-state index contributed by atoms with van der Waals surface area (Å²) in [7, 11) is 3.37. The van der Waals surface area contributed by atoms with Crippen LogP contribution in [-0.4, -0.2) is 20.8 Å². The maximum atomic E-state index is 6.24. The molecule has 0 spiro atoms. The van der Waals surface area contributed by atoms with Gasteiger partial charge in [0.1, 0.15) is 0 Å². The molecule has 0 radical (unpaired) electrons. The number of halogens is 1. The van der Waals surface area contributed by atoms with E-state index in [0.717, 1.165) is 47.9 Å². The summed E-state index contributed by atoms with van der Waals surface area (Å²) in [5, 5.41) is 4.47. The molecule has 0 saturated carbocycles. The quantitative estimate of drug-likeness (QED) is 0.866. The SMILES string of the molecule is COc1cc2c(cc1OC)C(CCc1ccc(C)c(Cl)c1)NCC2. The third-order valence-electron chi connectivity index (χ3n) is 4.76. The molecule has 4 heteroatoms. The number of benzene rings is 2. The summed E-state index contributed by atoms with van der Waals surface area (Å²) in [6.07, 6.45) is 3.04. The van der Waals surface area contributed by atoms with E-state index in [1.165, 1.54) is 16.7 Å². The summed E-state index contributed by atoms with van der Waals surface area (Å²) >= 11 is 6.24. The fraction of sp³-hybridized carbons (Fsp3) is 0.400. The molecule has 0 amide bonds. The molecule has 1 atom stereocenters. The van der Waals surface area contributed by atoms with E-state index in [9.17, 15) is 0 Å². The molecule has 0 aromatic heterocycles. The first-order valence-electron chi connectivity index (χ1n) is 8.35. The van der Waals surface area contributed by atoms with Crippen LogP contribution >= 0.6 is 11.6 Å². The van der Waals surface area contributed by atoms with Gasteiger partial charge in [-0.3, -0.25) is 0 Å². The predicted molar refractivity (Wildman–Crippen MR) is 98.5 cm³/mol. The summed E-state index contributed by atoms with van der Waals surface area (Å²) in [5.74, 6) is 1.60. The Hall–Kier alpha value is -1.71. The Kier molecular flexibility index (Phi) is 5.32. The van der Waals surface area contributed by atoms with Gasteiger partial charge in [-0.2, -0.15) is 0 Å². The van der Waals surface area contributed by atoms with E-state index in [1.807, 2.05) is 6.92 Å². The molecule has 1 aliphatic rings. The second kappa shape index (κ2) is 7.45. The molecular formula is C20H24ClNO2. The van der Waals surface area contributed by atoms with Crippen molar-refractivity contribution >= 4 is 11.6 Å². The lowest BCUT2D eigenvalue weighted by atomic mass is 9.90. The van der Waals surface area contributed by atoms with Crippen LogP contribution in [0.15, 0.2) is 30.3 Å². The maximum Gasteiger partial charge on any atom is 0.161 e. The zero-order valence-corrected chi connectivity index (χ0v) is 15.2. The number of fused-ring (bicyclic) bond motifs is 1. The highest BCUT2D eigenvalue weighted by Gasteiger charge is 2.22. The smallest absolute Gasteiger partial charge is 0.161 e. The van der Waals surface area contributed by atoms with Crippen molar-refractivity contribution in [2.45, 2.75) is 32.2 Å². The van der Waals surface area contributed by atoms with Gasteiger partial charge < -0.3 is 14.8 Å². The minimum absolute atomic E-state index is 0.327. The Labute approximate surface area is 148 Å². The number of nitrogens with one attached hydrogen (secondary N) is 1. The fourth-order valence-electron chi connectivity index (χ4n) is 3.33. The largest absolute Gasteiger partial charge is 0.493 e. The van der Waals surface area contributed by atoms with E-state index >= 15 is 0 Å². The van der Waals surface area contributed by atoms with Crippen molar-refractivity contribution in [1.82, 2.24) is 5.32 Å². The van der Waals surface area contributed by atoms with Gasteiger partial charge in [0.15, 0.2) is 11.5 Å². The van der Waals surface area contributed by atoms with Crippen LogP contribution < -0.4 is 14.8 Å². The lowest BCUT2D eigenvalue weighted by Gasteiger charge is -2.28. The third-order valence-corrected chi connectivity index (χ3v) is 5.17. The minimum Gasteiger partial charge on any atom is -0.493 e. The van der Waals surface area contributed by atoms with Gasteiger partial charge in [-0.1, -0.05) is 23.7 Å². The summed E-state index contributed by atoms with van der Waals surface area (Å²) in [5.41, 5.74) is 5.06. The normalized spacial score (nSPS) is 16.6. The van der Waals surface area contributed by atoms with Crippen LogP contribution in [0.5, 0.6) is 11.5 Å². The van der Waals surface area contributed by atoms with E-state index in [-0.39, 0.29) is 0 Å². The Bertz CT molecular complexity index is 730.